The molecular weight excluding hydrogens is 246 g/mol. The number of carbonyl (C=O) groups is 1. The van der Waals surface area contributed by atoms with Crippen molar-refractivity contribution in [3.63, 3.8) is 0 Å². The maximum atomic E-state index is 12.4. The number of ketones is 1. The molecule has 1 atom stereocenters. The van der Waals surface area contributed by atoms with Crippen molar-refractivity contribution in [1.82, 2.24) is 0 Å². The number of fused-ring (bicyclic) bond motifs is 1. The summed E-state index contributed by atoms with van der Waals surface area (Å²) in [7, 11) is 0. The fourth-order valence-electron chi connectivity index (χ4n) is 2.86. The van der Waals surface area contributed by atoms with Crippen LogP contribution in [-0.4, -0.2) is 18.4 Å². The maximum absolute atomic E-state index is 12.4. The van der Waals surface area contributed by atoms with E-state index in [-0.39, 0.29) is 5.78 Å². The number of hydrogen-bond acceptors (Lipinski definition) is 2. The number of Topliss-reactive ketones (excluding diaryl/α,β-unsaturated/α-hetero) is 1. The molecule has 0 aromatic heterocycles. The van der Waals surface area contributed by atoms with Crippen LogP contribution in [0.2, 0.25) is 0 Å². The fraction of sp³-hybridized carbons (Fsp3) is 0.278. The summed E-state index contributed by atoms with van der Waals surface area (Å²) in [6, 6.07) is 16.6. The molecule has 0 N–H and O–H groups in total. The second-order valence-corrected chi connectivity index (χ2v) is 5.60. The quantitative estimate of drug-likeness (QED) is 0.790. The summed E-state index contributed by atoms with van der Waals surface area (Å²) >= 11 is 0. The van der Waals surface area contributed by atoms with Crippen molar-refractivity contribution in [3.05, 3.63) is 65.2 Å². The van der Waals surface area contributed by atoms with Crippen molar-refractivity contribution < 1.29 is 4.79 Å². The highest BCUT2D eigenvalue weighted by Crippen LogP contribution is 2.31. The summed E-state index contributed by atoms with van der Waals surface area (Å²) in [5, 5.41) is 0. The van der Waals surface area contributed by atoms with Crippen LogP contribution in [0.15, 0.2) is 48.5 Å². The molecule has 0 amide bonds. The Morgan fingerprint density at radius 2 is 1.85 bits per heavy atom. The number of hydrogen-bond donors (Lipinski definition) is 0. The summed E-state index contributed by atoms with van der Waals surface area (Å²) in [5.41, 5.74) is 4.53. The lowest BCUT2D eigenvalue weighted by Crippen LogP contribution is -2.34. The number of para-hydroxylation sites is 1. The Morgan fingerprint density at radius 1 is 1.15 bits per heavy atom. The van der Waals surface area contributed by atoms with Crippen molar-refractivity contribution in [2.24, 2.45) is 0 Å². The average molecular weight is 265 g/mol. The van der Waals surface area contributed by atoms with E-state index in [1.54, 1.807) is 0 Å². The first-order valence-corrected chi connectivity index (χ1v) is 7.09. The zero-order valence-corrected chi connectivity index (χ0v) is 12.0. The normalized spacial score (nSPS) is 17.1. The molecule has 2 nitrogen and oxygen atoms in total. The zero-order valence-electron chi connectivity index (χ0n) is 12.0. The van der Waals surface area contributed by atoms with Gasteiger partial charge in [0.05, 0.1) is 6.54 Å². The van der Waals surface area contributed by atoms with Crippen LogP contribution in [0.1, 0.15) is 28.4 Å². The van der Waals surface area contributed by atoms with Crippen LogP contribution in [0.4, 0.5) is 5.69 Å². The second-order valence-electron chi connectivity index (χ2n) is 5.60. The standard InChI is InChI=1S/C18H19NO/c1-13-7-9-15(10-8-13)18(20)12-19-14(2)11-16-5-3-4-6-17(16)19/h3-10,14H,11-12H2,1-2H3. The molecule has 0 fully saturated rings. The first kappa shape index (κ1) is 12.9. The number of rotatable bonds is 3. The van der Waals surface area contributed by atoms with Gasteiger partial charge >= 0.3 is 0 Å². The summed E-state index contributed by atoms with van der Waals surface area (Å²) in [6.45, 7) is 4.68. The van der Waals surface area contributed by atoms with Gasteiger partial charge in [-0.25, -0.2) is 0 Å². The molecule has 102 valence electrons. The predicted octanol–water partition coefficient (Wildman–Crippen LogP) is 3.63. The summed E-state index contributed by atoms with van der Waals surface area (Å²) < 4.78 is 0. The van der Waals surface area contributed by atoms with Crippen LogP contribution in [0.25, 0.3) is 0 Å². The van der Waals surface area contributed by atoms with Gasteiger partial charge in [0.1, 0.15) is 0 Å². The Balaban J connectivity index is 1.81. The average Bonchev–Trinajstić information content (AvgIpc) is 2.76. The first-order chi connectivity index (χ1) is 9.65. The summed E-state index contributed by atoms with van der Waals surface area (Å²) in [6.07, 6.45) is 1.03. The predicted molar refractivity (Wildman–Crippen MR) is 82.5 cm³/mol. The number of nitrogens with zero attached hydrogens (tertiary/aromatic N) is 1. The van der Waals surface area contributed by atoms with E-state index in [9.17, 15) is 4.79 Å². The van der Waals surface area contributed by atoms with Crippen molar-refractivity contribution in [3.8, 4) is 0 Å². The van der Waals surface area contributed by atoms with Gasteiger partial charge in [0.2, 0.25) is 0 Å². The molecule has 2 heteroatoms. The van der Waals surface area contributed by atoms with E-state index < -0.39 is 0 Å². The molecule has 0 saturated heterocycles. The van der Waals surface area contributed by atoms with E-state index in [4.69, 9.17) is 0 Å². The third kappa shape index (κ3) is 2.34. The van der Waals surface area contributed by atoms with E-state index in [1.165, 1.54) is 16.8 Å². The maximum Gasteiger partial charge on any atom is 0.182 e. The second kappa shape index (κ2) is 5.12. The van der Waals surface area contributed by atoms with Crippen molar-refractivity contribution in [1.29, 1.82) is 0 Å². The van der Waals surface area contributed by atoms with Crippen molar-refractivity contribution >= 4 is 11.5 Å². The van der Waals surface area contributed by atoms with Crippen molar-refractivity contribution in [2.45, 2.75) is 26.3 Å². The molecular formula is C18H19NO. The molecule has 1 unspecified atom stereocenters. The Bertz CT molecular complexity index is 630. The molecule has 0 radical (unpaired) electrons. The SMILES string of the molecule is Cc1ccc(C(=O)CN2c3ccccc3CC2C)cc1. The molecule has 1 heterocycles. The van der Waals surface area contributed by atoms with E-state index in [1.807, 2.05) is 37.3 Å². The van der Waals surface area contributed by atoms with Gasteiger partial charge < -0.3 is 4.90 Å². The van der Waals surface area contributed by atoms with Gasteiger partial charge in [-0.05, 0) is 31.9 Å². The van der Waals surface area contributed by atoms with Gasteiger partial charge in [0, 0.05) is 17.3 Å². The Hall–Kier alpha value is -2.09. The van der Waals surface area contributed by atoms with Crippen LogP contribution < -0.4 is 4.90 Å². The Kier molecular flexibility index (Phi) is 3.31. The van der Waals surface area contributed by atoms with Crippen LogP contribution in [-0.2, 0) is 6.42 Å². The number of aryl methyl sites for hydroxylation is 1. The minimum Gasteiger partial charge on any atom is -0.361 e. The van der Waals surface area contributed by atoms with Gasteiger partial charge in [-0.2, -0.15) is 0 Å². The highest BCUT2D eigenvalue weighted by atomic mass is 16.1. The van der Waals surface area contributed by atoms with Gasteiger partial charge in [-0.15, -0.1) is 0 Å². The molecule has 0 spiro atoms. The molecule has 3 rings (SSSR count). The molecule has 0 aliphatic carbocycles. The molecule has 2 aromatic rings. The molecule has 20 heavy (non-hydrogen) atoms. The highest BCUT2D eigenvalue weighted by Gasteiger charge is 2.27. The topological polar surface area (TPSA) is 20.3 Å². The van der Waals surface area contributed by atoms with Crippen LogP contribution in [0.3, 0.4) is 0 Å². The van der Waals surface area contributed by atoms with Gasteiger partial charge in [0.25, 0.3) is 0 Å². The lowest BCUT2D eigenvalue weighted by Gasteiger charge is -2.24. The van der Waals surface area contributed by atoms with E-state index in [0.717, 1.165) is 12.0 Å². The third-order valence-electron chi connectivity index (χ3n) is 4.04. The molecule has 1 aliphatic rings. The number of anilines is 1. The fourth-order valence-corrected chi connectivity index (χ4v) is 2.86. The van der Waals surface area contributed by atoms with E-state index in [2.05, 4.69) is 30.0 Å². The largest absolute Gasteiger partial charge is 0.361 e. The lowest BCUT2D eigenvalue weighted by atomic mass is 10.1. The third-order valence-corrected chi connectivity index (χ3v) is 4.04. The van der Waals surface area contributed by atoms with Crippen LogP contribution in [0, 0.1) is 6.92 Å². The monoisotopic (exact) mass is 265 g/mol. The molecule has 1 aliphatic heterocycles. The molecule has 2 aromatic carbocycles. The summed E-state index contributed by atoms with van der Waals surface area (Å²) in [4.78, 5) is 14.6. The van der Waals surface area contributed by atoms with Crippen LogP contribution in [0.5, 0.6) is 0 Å². The Morgan fingerprint density at radius 3 is 2.60 bits per heavy atom. The minimum absolute atomic E-state index is 0.188. The van der Waals surface area contributed by atoms with E-state index >= 15 is 0 Å². The smallest absolute Gasteiger partial charge is 0.182 e. The highest BCUT2D eigenvalue weighted by molar-refractivity contribution is 5.99. The molecule has 0 bridgehead atoms. The Labute approximate surface area is 120 Å². The summed E-state index contributed by atoms with van der Waals surface area (Å²) in [5.74, 6) is 0.188. The number of benzene rings is 2. The van der Waals surface area contributed by atoms with Gasteiger partial charge in [0.15, 0.2) is 5.78 Å². The van der Waals surface area contributed by atoms with Gasteiger partial charge in [-0.3, -0.25) is 4.79 Å². The van der Waals surface area contributed by atoms with Crippen molar-refractivity contribution in [2.75, 3.05) is 11.4 Å². The van der Waals surface area contributed by atoms with Crippen LogP contribution >= 0.6 is 0 Å². The van der Waals surface area contributed by atoms with E-state index in [0.29, 0.717) is 12.6 Å². The minimum atomic E-state index is 0.188. The zero-order chi connectivity index (χ0) is 14.1. The molecule has 0 saturated carbocycles. The number of carbonyl (C=O) groups excluding carboxylic acids is 1. The van der Waals surface area contributed by atoms with Gasteiger partial charge in [-0.1, -0.05) is 48.0 Å². The first-order valence-electron chi connectivity index (χ1n) is 7.09. The lowest BCUT2D eigenvalue weighted by molar-refractivity contribution is 0.0997.